The summed E-state index contributed by atoms with van der Waals surface area (Å²) in [5.41, 5.74) is 2.79. The van der Waals surface area contributed by atoms with Crippen LogP contribution in [0.1, 0.15) is 28.9 Å². The van der Waals surface area contributed by atoms with Crippen molar-refractivity contribution >= 4 is 17.6 Å². The van der Waals surface area contributed by atoms with E-state index in [1.165, 1.54) is 20.0 Å². The molecule has 4 rings (SSSR count). The van der Waals surface area contributed by atoms with Gasteiger partial charge in [0, 0.05) is 41.6 Å². The predicted octanol–water partition coefficient (Wildman–Crippen LogP) is 2.57. The Hall–Kier alpha value is -2.93. The SMILES string of the molecule is COc1cnc(C)cc1-c1cc(N2CCN(C3CC3)CC2=O)ccc1C(=O)O. The summed E-state index contributed by atoms with van der Waals surface area (Å²) in [4.78, 5) is 32.7. The Morgan fingerprint density at radius 1 is 1.21 bits per heavy atom. The summed E-state index contributed by atoms with van der Waals surface area (Å²) < 4.78 is 5.40. The number of carbonyl (C=O) groups is 2. The third kappa shape index (κ3) is 3.45. The van der Waals surface area contributed by atoms with Crippen LogP contribution in [0.4, 0.5) is 5.69 Å². The average molecular weight is 381 g/mol. The molecule has 1 aliphatic heterocycles. The molecule has 1 N–H and O–H groups in total. The van der Waals surface area contributed by atoms with Gasteiger partial charge in [0.1, 0.15) is 5.75 Å². The molecule has 0 unspecified atom stereocenters. The number of piperazine rings is 1. The fraction of sp³-hybridized carbons (Fsp3) is 0.381. The van der Waals surface area contributed by atoms with Crippen molar-refractivity contribution < 1.29 is 19.4 Å². The van der Waals surface area contributed by atoms with E-state index < -0.39 is 5.97 Å². The highest BCUT2D eigenvalue weighted by Crippen LogP contribution is 2.36. The zero-order valence-corrected chi connectivity index (χ0v) is 16.0. The molecule has 1 saturated heterocycles. The normalized spacial score (nSPS) is 17.6. The number of nitrogens with zero attached hydrogens (tertiary/aromatic N) is 3. The second-order valence-electron chi connectivity index (χ2n) is 7.31. The molecule has 7 nitrogen and oxygen atoms in total. The van der Waals surface area contributed by atoms with Gasteiger partial charge in [0.25, 0.3) is 0 Å². The number of aryl methyl sites for hydroxylation is 1. The van der Waals surface area contributed by atoms with Gasteiger partial charge in [-0.15, -0.1) is 0 Å². The number of benzene rings is 1. The molecule has 0 spiro atoms. The lowest BCUT2D eigenvalue weighted by molar-refractivity contribution is -0.121. The van der Waals surface area contributed by atoms with Gasteiger partial charge in [-0.25, -0.2) is 4.79 Å². The van der Waals surface area contributed by atoms with Crippen LogP contribution in [0.3, 0.4) is 0 Å². The fourth-order valence-corrected chi connectivity index (χ4v) is 3.75. The molecule has 7 heteroatoms. The first-order chi connectivity index (χ1) is 13.5. The number of hydrogen-bond acceptors (Lipinski definition) is 5. The third-order valence-corrected chi connectivity index (χ3v) is 5.37. The smallest absolute Gasteiger partial charge is 0.336 e. The van der Waals surface area contributed by atoms with Gasteiger partial charge in [0.05, 0.1) is 25.4 Å². The number of aromatic nitrogens is 1. The molecule has 1 aromatic carbocycles. The van der Waals surface area contributed by atoms with Crippen molar-refractivity contribution in [2.24, 2.45) is 0 Å². The van der Waals surface area contributed by atoms with Gasteiger partial charge in [-0.05, 0) is 44.0 Å². The van der Waals surface area contributed by atoms with E-state index in [0.29, 0.717) is 41.7 Å². The molecule has 2 aliphatic rings. The Bertz CT molecular complexity index is 939. The molecule has 1 aromatic heterocycles. The van der Waals surface area contributed by atoms with Crippen LogP contribution in [0, 0.1) is 6.92 Å². The van der Waals surface area contributed by atoms with E-state index >= 15 is 0 Å². The van der Waals surface area contributed by atoms with Crippen molar-refractivity contribution in [2.75, 3.05) is 31.6 Å². The number of methoxy groups -OCH3 is 1. The third-order valence-electron chi connectivity index (χ3n) is 5.37. The molecular weight excluding hydrogens is 358 g/mol. The van der Waals surface area contributed by atoms with Crippen LogP contribution in [0.5, 0.6) is 5.75 Å². The number of pyridine rings is 1. The van der Waals surface area contributed by atoms with E-state index in [2.05, 4.69) is 9.88 Å². The fourth-order valence-electron chi connectivity index (χ4n) is 3.75. The minimum atomic E-state index is -1.03. The van der Waals surface area contributed by atoms with Crippen LogP contribution < -0.4 is 9.64 Å². The second kappa shape index (κ2) is 7.24. The maximum absolute atomic E-state index is 12.7. The lowest BCUT2D eigenvalue weighted by Crippen LogP contribution is -2.51. The van der Waals surface area contributed by atoms with E-state index in [1.54, 1.807) is 35.4 Å². The number of anilines is 1. The number of carboxylic acid groups (broad SMARTS) is 1. The summed E-state index contributed by atoms with van der Waals surface area (Å²) >= 11 is 0. The minimum Gasteiger partial charge on any atom is -0.494 e. The summed E-state index contributed by atoms with van der Waals surface area (Å²) in [6, 6.07) is 7.39. The van der Waals surface area contributed by atoms with E-state index in [9.17, 15) is 14.7 Å². The Labute approximate surface area is 163 Å². The van der Waals surface area contributed by atoms with Crippen molar-refractivity contribution in [1.29, 1.82) is 0 Å². The number of rotatable bonds is 5. The number of ether oxygens (including phenoxy) is 1. The van der Waals surface area contributed by atoms with Gasteiger partial charge in [-0.1, -0.05) is 0 Å². The summed E-state index contributed by atoms with van der Waals surface area (Å²) in [5, 5.41) is 9.67. The minimum absolute atomic E-state index is 0.0463. The summed E-state index contributed by atoms with van der Waals surface area (Å²) in [6.45, 7) is 3.70. The monoisotopic (exact) mass is 381 g/mol. The molecule has 146 valence electrons. The van der Waals surface area contributed by atoms with Crippen LogP contribution in [0.25, 0.3) is 11.1 Å². The Morgan fingerprint density at radius 3 is 2.64 bits per heavy atom. The highest BCUT2D eigenvalue weighted by Gasteiger charge is 2.35. The first kappa shape index (κ1) is 18.4. The molecule has 0 bridgehead atoms. The molecule has 2 fully saturated rings. The average Bonchev–Trinajstić information content (AvgIpc) is 3.52. The van der Waals surface area contributed by atoms with Crippen LogP contribution in [-0.2, 0) is 4.79 Å². The lowest BCUT2D eigenvalue weighted by atomic mass is 9.97. The van der Waals surface area contributed by atoms with Crippen molar-refractivity contribution in [1.82, 2.24) is 9.88 Å². The molecule has 0 atom stereocenters. The summed E-state index contributed by atoms with van der Waals surface area (Å²) in [7, 11) is 1.53. The Morgan fingerprint density at radius 2 is 2.00 bits per heavy atom. The molecule has 1 aliphatic carbocycles. The van der Waals surface area contributed by atoms with Gasteiger partial charge >= 0.3 is 5.97 Å². The molecule has 0 radical (unpaired) electrons. The molecule has 1 amide bonds. The van der Waals surface area contributed by atoms with Crippen LogP contribution in [0.15, 0.2) is 30.5 Å². The molecular formula is C21H23N3O4. The molecule has 2 aromatic rings. The number of hydrogen-bond donors (Lipinski definition) is 1. The van der Waals surface area contributed by atoms with Crippen LogP contribution in [0.2, 0.25) is 0 Å². The van der Waals surface area contributed by atoms with E-state index in [-0.39, 0.29) is 11.5 Å². The number of carboxylic acids is 1. The quantitative estimate of drug-likeness (QED) is 0.857. The molecule has 28 heavy (non-hydrogen) atoms. The molecule has 1 saturated carbocycles. The standard InChI is InChI=1S/C21H23N3O4/c1-13-9-18(19(28-2)11-22-13)17-10-15(5-6-16(17)21(26)27)24-8-7-23(12-20(24)25)14-3-4-14/h5-6,9-11,14H,3-4,7-8,12H2,1-2H3,(H,26,27). The first-order valence-electron chi connectivity index (χ1n) is 9.40. The maximum Gasteiger partial charge on any atom is 0.336 e. The molecule has 2 heterocycles. The second-order valence-corrected chi connectivity index (χ2v) is 7.31. The first-order valence-corrected chi connectivity index (χ1v) is 9.40. The van der Waals surface area contributed by atoms with E-state index in [0.717, 1.165) is 12.2 Å². The lowest BCUT2D eigenvalue weighted by Gasteiger charge is -2.34. The topological polar surface area (TPSA) is 83.0 Å². The van der Waals surface area contributed by atoms with Gasteiger partial charge < -0.3 is 14.7 Å². The number of amides is 1. The zero-order chi connectivity index (χ0) is 19.8. The van der Waals surface area contributed by atoms with Crippen molar-refractivity contribution in [3.63, 3.8) is 0 Å². The van der Waals surface area contributed by atoms with E-state index in [4.69, 9.17) is 4.74 Å². The Kier molecular flexibility index (Phi) is 4.77. The van der Waals surface area contributed by atoms with Gasteiger partial charge in [0.2, 0.25) is 5.91 Å². The van der Waals surface area contributed by atoms with Crippen molar-refractivity contribution in [3.8, 4) is 16.9 Å². The van der Waals surface area contributed by atoms with Gasteiger partial charge in [-0.2, -0.15) is 0 Å². The van der Waals surface area contributed by atoms with Crippen molar-refractivity contribution in [3.05, 3.63) is 41.7 Å². The van der Waals surface area contributed by atoms with Gasteiger partial charge in [0.15, 0.2) is 0 Å². The highest BCUT2D eigenvalue weighted by atomic mass is 16.5. The van der Waals surface area contributed by atoms with Gasteiger partial charge in [-0.3, -0.25) is 14.7 Å². The Balaban J connectivity index is 1.73. The maximum atomic E-state index is 12.7. The van der Waals surface area contributed by atoms with E-state index in [1.807, 2.05) is 6.92 Å². The highest BCUT2D eigenvalue weighted by molar-refractivity contribution is 6.01. The van der Waals surface area contributed by atoms with Crippen molar-refractivity contribution in [2.45, 2.75) is 25.8 Å². The van der Waals surface area contributed by atoms with Crippen LogP contribution in [-0.4, -0.2) is 59.7 Å². The summed E-state index contributed by atoms with van der Waals surface area (Å²) in [6.07, 6.45) is 3.93. The largest absolute Gasteiger partial charge is 0.494 e. The number of carbonyl (C=O) groups excluding carboxylic acids is 1. The predicted molar refractivity (Wildman–Crippen MR) is 105 cm³/mol. The van der Waals surface area contributed by atoms with Crippen LogP contribution >= 0.6 is 0 Å². The zero-order valence-electron chi connectivity index (χ0n) is 16.0. The number of aromatic carboxylic acids is 1. The summed E-state index contributed by atoms with van der Waals surface area (Å²) in [5.74, 6) is -0.483.